The summed E-state index contributed by atoms with van der Waals surface area (Å²) in [5.41, 5.74) is 19.9. The number of aliphatic imine (C=N–C) groups is 1. The first-order chi connectivity index (χ1) is 36.0. The largest absolute Gasteiger partial charge is 0.280 e. The van der Waals surface area contributed by atoms with E-state index in [1.165, 1.54) is 110 Å². The fourth-order valence-electron chi connectivity index (χ4n) is 13.7. The normalized spacial score (nSPS) is 16.1. The minimum Gasteiger partial charge on any atom is -0.280 e. The van der Waals surface area contributed by atoms with E-state index >= 15 is 0 Å². The Balaban J connectivity index is 1.02. The molecule has 2 heteroatoms. The first-order valence-corrected chi connectivity index (χ1v) is 27.3. The topological polar surface area (TPSA) is 12.4 Å². The lowest BCUT2D eigenvalue weighted by atomic mass is 9.51. The van der Waals surface area contributed by atoms with E-state index in [9.17, 15) is 0 Å². The second-order valence-electron chi connectivity index (χ2n) is 20.7. The van der Waals surface area contributed by atoms with Crippen molar-refractivity contribution >= 4 is 28.2 Å². The Morgan fingerprint density at radius 2 is 0.904 bits per heavy atom. The predicted octanol–water partition coefficient (Wildman–Crippen LogP) is 18.4. The lowest BCUT2D eigenvalue weighted by molar-refractivity contribution is 0.452. The summed E-state index contributed by atoms with van der Waals surface area (Å²) < 4.78 is 0. The van der Waals surface area contributed by atoms with Crippen LogP contribution in [0.2, 0.25) is 0 Å². The molecule has 0 radical (unpaired) electrons. The molecule has 1 nitrogen and oxygen atoms in total. The molecular weight excluding hydrogens is 899 g/mol. The van der Waals surface area contributed by atoms with Crippen LogP contribution in [0.25, 0.3) is 33.0 Å². The zero-order valence-electron chi connectivity index (χ0n) is 42.1. The highest BCUT2D eigenvalue weighted by molar-refractivity contribution is 7.99. The van der Waals surface area contributed by atoms with E-state index in [0.717, 1.165) is 12.8 Å². The van der Waals surface area contributed by atoms with Crippen LogP contribution in [0.3, 0.4) is 0 Å². The van der Waals surface area contributed by atoms with Crippen molar-refractivity contribution in [2.75, 3.05) is 0 Å². The molecule has 4 atom stereocenters. The molecule has 0 saturated heterocycles. The Hall–Kier alpha value is -7.52. The third-order valence-corrected chi connectivity index (χ3v) is 18.3. The van der Waals surface area contributed by atoms with Crippen molar-refractivity contribution < 1.29 is 0 Å². The number of fused-ring (bicyclic) bond motifs is 16. The van der Waals surface area contributed by atoms with Crippen molar-refractivity contribution in [3.63, 3.8) is 0 Å². The highest BCUT2D eigenvalue weighted by Gasteiger charge is 2.58. The summed E-state index contributed by atoms with van der Waals surface area (Å²) in [5.74, 6) is 0.639. The third-order valence-electron chi connectivity index (χ3n) is 17.1. The SMILES string of the molecule is CCC(C)C(/N=C(/c1ccccc1)[C@@H](CC)C(C)c1ccc(-c2ccccc2)c2ccccc12)c1ccc2c(c1)C1(c3ccccc3-2)c2ccccc2C2(c3ccccc3Sc3ccccc32)c2ccccc21. The van der Waals surface area contributed by atoms with Gasteiger partial charge in [-0.15, -0.1) is 0 Å². The van der Waals surface area contributed by atoms with E-state index < -0.39 is 10.8 Å². The van der Waals surface area contributed by atoms with Gasteiger partial charge in [0.2, 0.25) is 0 Å². The van der Waals surface area contributed by atoms with Crippen LogP contribution in [-0.4, -0.2) is 5.71 Å². The van der Waals surface area contributed by atoms with Gasteiger partial charge in [0.25, 0.3) is 0 Å². The quantitative estimate of drug-likeness (QED) is 0.124. The maximum Gasteiger partial charge on any atom is 0.0778 e. The molecule has 3 unspecified atom stereocenters. The van der Waals surface area contributed by atoms with Crippen LogP contribution in [-0.2, 0) is 10.8 Å². The van der Waals surface area contributed by atoms with Crippen molar-refractivity contribution in [2.45, 2.75) is 73.1 Å². The monoisotopic (exact) mass is 957 g/mol. The molecule has 73 heavy (non-hydrogen) atoms. The molecule has 2 spiro atoms. The van der Waals surface area contributed by atoms with Gasteiger partial charge in [-0.05, 0) is 125 Å². The van der Waals surface area contributed by atoms with Gasteiger partial charge in [-0.2, -0.15) is 0 Å². The first kappa shape index (κ1) is 45.4. The summed E-state index contributed by atoms with van der Waals surface area (Å²) in [6.45, 7) is 9.56. The Labute approximate surface area is 435 Å². The number of hydrogen-bond donors (Lipinski definition) is 0. The minimum absolute atomic E-state index is 0.0840. The summed E-state index contributed by atoms with van der Waals surface area (Å²) in [5, 5.41) is 2.61. The van der Waals surface area contributed by atoms with E-state index in [0.29, 0.717) is 0 Å². The molecule has 10 aromatic carbocycles. The van der Waals surface area contributed by atoms with Gasteiger partial charge in [0.1, 0.15) is 0 Å². The first-order valence-electron chi connectivity index (χ1n) is 26.5. The van der Waals surface area contributed by atoms with Crippen LogP contribution >= 0.6 is 11.8 Å². The zero-order chi connectivity index (χ0) is 49.3. The van der Waals surface area contributed by atoms with Gasteiger partial charge >= 0.3 is 0 Å². The van der Waals surface area contributed by atoms with Crippen molar-refractivity contribution in [1.82, 2.24) is 0 Å². The molecule has 0 amide bonds. The number of hydrogen-bond acceptors (Lipinski definition) is 2. The molecule has 1 heterocycles. The Kier molecular flexibility index (Phi) is 11.3. The third kappa shape index (κ3) is 6.79. The van der Waals surface area contributed by atoms with Gasteiger partial charge in [-0.1, -0.05) is 270 Å². The molecule has 10 aromatic rings. The molecule has 354 valence electrons. The second-order valence-corrected chi connectivity index (χ2v) is 21.7. The van der Waals surface area contributed by atoms with Crippen LogP contribution in [0.15, 0.2) is 251 Å². The van der Waals surface area contributed by atoms with Crippen LogP contribution < -0.4 is 0 Å². The van der Waals surface area contributed by atoms with Crippen molar-refractivity contribution in [2.24, 2.45) is 16.8 Å². The van der Waals surface area contributed by atoms with Crippen LogP contribution in [0.1, 0.15) is 114 Å². The minimum atomic E-state index is -0.575. The lowest BCUT2D eigenvalue weighted by Crippen LogP contribution is -2.45. The zero-order valence-corrected chi connectivity index (χ0v) is 42.9. The molecule has 0 bridgehead atoms. The van der Waals surface area contributed by atoms with Crippen molar-refractivity contribution in [3.8, 4) is 22.3 Å². The Morgan fingerprint density at radius 1 is 0.425 bits per heavy atom. The average Bonchev–Trinajstić information content (AvgIpc) is 3.75. The summed E-state index contributed by atoms with van der Waals surface area (Å²) in [6, 6.07) is 89.6. The van der Waals surface area contributed by atoms with Crippen molar-refractivity contribution in [3.05, 3.63) is 298 Å². The second kappa shape index (κ2) is 18.2. The van der Waals surface area contributed by atoms with Gasteiger partial charge in [0.15, 0.2) is 0 Å². The average molecular weight is 958 g/mol. The highest BCUT2D eigenvalue weighted by Crippen LogP contribution is 2.67. The summed E-state index contributed by atoms with van der Waals surface area (Å²) in [4.78, 5) is 8.81. The fraction of sp³-hybridized carbons (Fsp3) is 0.169. The lowest BCUT2D eigenvalue weighted by Gasteiger charge is -2.51. The van der Waals surface area contributed by atoms with E-state index in [-0.39, 0.29) is 23.8 Å². The van der Waals surface area contributed by atoms with Crippen LogP contribution in [0.5, 0.6) is 0 Å². The van der Waals surface area contributed by atoms with Crippen LogP contribution in [0.4, 0.5) is 0 Å². The summed E-state index contributed by atoms with van der Waals surface area (Å²) in [6.07, 6.45) is 1.96. The fourth-order valence-corrected chi connectivity index (χ4v) is 14.9. The number of rotatable bonds is 10. The molecule has 0 fully saturated rings. The van der Waals surface area contributed by atoms with Gasteiger partial charge in [-0.25, -0.2) is 0 Å². The smallest absolute Gasteiger partial charge is 0.0778 e. The number of benzene rings is 10. The molecule has 13 rings (SSSR count). The Morgan fingerprint density at radius 3 is 1.51 bits per heavy atom. The highest BCUT2D eigenvalue weighted by atomic mass is 32.2. The summed E-state index contributed by atoms with van der Waals surface area (Å²) >= 11 is 1.90. The molecule has 0 aromatic heterocycles. The standard InChI is InChI=1S/C71H59NS/c1-5-46(3)68(72-69(49-27-11-8-12-28-49)51(6-2)47(4)52-43-44-53(48-25-9-7-10-26-48)55-30-14-13-29-54(52)55)50-41-42-57-56-31-15-16-32-58(56)70(65(57)45-50)59-33-17-19-35-61(59)71(62-36-20-18-34-60(62)70)63-37-21-23-39-66(63)73-67-40-24-22-38-64(67)71/h7-47,51,68H,5-6H2,1-4H3/b72-69-/t46?,47?,51-,68?/m0/s1. The van der Waals surface area contributed by atoms with E-state index in [2.05, 4.69) is 264 Å². The van der Waals surface area contributed by atoms with E-state index in [1.54, 1.807) is 0 Å². The molecular formula is C71H59NS. The molecule has 0 saturated carbocycles. The maximum atomic E-state index is 6.18. The van der Waals surface area contributed by atoms with E-state index in [1.807, 2.05) is 11.8 Å². The van der Waals surface area contributed by atoms with Crippen LogP contribution in [0, 0.1) is 11.8 Å². The molecule has 2 aliphatic carbocycles. The van der Waals surface area contributed by atoms with Gasteiger partial charge in [0, 0.05) is 21.4 Å². The van der Waals surface area contributed by atoms with Crippen molar-refractivity contribution in [1.29, 1.82) is 0 Å². The van der Waals surface area contributed by atoms with Gasteiger partial charge < -0.3 is 0 Å². The maximum absolute atomic E-state index is 6.18. The molecule has 0 N–H and O–H groups in total. The molecule has 1 aliphatic heterocycles. The van der Waals surface area contributed by atoms with Gasteiger partial charge in [-0.3, -0.25) is 4.99 Å². The molecule has 3 aliphatic rings. The summed E-state index contributed by atoms with van der Waals surface area (Å²) in [7, 11) is 0. The predicted molar refractivity (Wildman–Crippen MR) is 306 cm³/mol. The van der Waals surface area contributed by atoms with E-state index in [4.69, 9.17) is 4.99 Å². The van der Waals surface area contributed by atoms with Gasteiger partial charge in [0.05, 0.1) is 16.9 Å². The number of nitrogens with zero attached hydrogens (tertiary/aromatic N) is 1. The Bertz CT molecular complexity index is 3660.